The molecule has 0 saturated carbocycles. The number of anilines is 1. The van der Waals surface area contributed by atoms with Gasteiger partial charge in [-0.1, -0.05) is 0 Å². The third kappa shape index (κ3) is 3.78. The maximum absolute atomic E-state index is 12.6. The van der Waals surface area contributed by atoms with Gasteiger partial charge < -0.3 is 10.0 Å². The molecule has 0 bridgehead atoms. The summed E-state index contributed by atoms with van der Waals surface area (Å²) in [6.45, 7) is 1.35. The van der Waals surface area contributed by atoms with Crippen LogP contribution in [0.5, 0.6) is 5.75 Å². The van der Waals surface area contributed by atoms with Crippen molar-refractivity contribution in [3.8, 4) is 5.75 Å². The molecule has 140 valence electrons. The molecule has 2 aromatic carbocycles. The van der Waals surface area contributed by atoms with Crippen LogP contribution >= 0.6 is 0 Å². The van der Waals surface area contributed by atoms with Crippen LogP contribution in [0.2, 0.25) is 0 Å². The summed E-state index contributed by atoms with van der Waals surface area (Å²) < 4.78 is 64.4. The largest absolute Gasteiger partial charge is 0.508 e. The molecular formula is C17H17F3N2O3S. The van der Waals surface area contributed by atoms with Crippen LogP contribution in [0.3, 0.4) is 0 Å². The van der Waals surface area contributed by atoms with Gasteiger partial charge in [0.25, 0.3) is 0 Å². The molecule has 1 aliphatic rings. The van der Waals surface area contributed by atoms with Crippen LogP contribution in [-0.2, 0) is 16.2 Å². The fraction of sp³-hybridized carbons (Fsp3) is 0.294. The van der Waals surface area contributed by atoms with E-state index in [4.69, 9.17) is 0 Å². The van der Waals surface area contributed by atoms with E-state index < -0.39 is 21.8 Å². The third-order valence-corrected chi connectivity index (χ3v) is 6.19. The number of alkyl halides is 3. The van der Waals surface area contributed by atoms with E-state index in [1.165, 1.54) is 4.31 Å². The standard InChI is InChI=1S/C17H17F3N2O3S/c18-17(19,20)13-1-7-16(8-2-13)26(24,25)22-11-9-21(10-12-22)14-3-5-15(23)6-4-14/h1-8,23H,9-12H2. The van der Waals surface area contributed by atoms with Crippen molar-refractivity contribution >= 4 is 15.7 Å². The van der Waals surface area contributed by atoms with Crippen molar-refractivity contribution in [2.75, 3.05) is 31.1 Å². The number of rotatable bonds is 3. The predicted octanol–water partition coefficient (Wildman–Crippen LogP) is 2.92. The Bertz CT molecular complexity index is 858. The molecule has 3 rings (SSSR count). The minimum atomic E-state index is -4.50. The molecule has 1 N–H and O–H groups in total. The first-order valence-electron chi connectivity index (χ1n) is 7.89. The van der Waals surface area contributed by atoms with E-state index in [0.29, 0.717) is 13.1 Å². The Kier molecular flexibility index (Phi) is 4.85. The summed E-state index contributed by atoms with van der Waals surface area (Å²) in [5, 5.41) is 9.32. The first-order valence-corrected chi connectivity index (χ1v) is 9.33. The predicted molar refractivity (Wildman–Crippen MR) is 90.5 cm³/mol. The van der Waals surface area contributed by atoms with E-state index >= 15 is 0 Å². The van der Waals surface area contributed by atoms with Crippen LogP contribution in [0.4, 0.5) is 18.9 Å². The van der Waals surface area contributed by atoms with Gasteiger partial charge in [0.05, 0.1) is 10.5 Å². The molecule has 1 saturated heterocycles. The number of phenolic OH excluding ortho intramolecular Hbond substituents is 1. The molecule has 0 unspecified atom stereocenters. The van der Waals surface area contributed by atoms with Crippen molar-refractivity contribution in [3.63, 3.8) is 0 Å². The van der Waals surface area contributed by atoms with Gasteiger partial charge in [0.1, 0.15) is 5.75 Å². The topological polar surface area (TPSA) is 60.9 Å². The minimum Gasteiger partial charge on any atom is -0.508 e. The van der Waals surface area contributed by atoms with Crippen LogP contribution in [0, 0.1) is 0 Å². The molecule has 0 amide bonds. The number of piperazine rings is 1. The molecular weight excluding hydrogens is 369 g/mol. The van der Waals surface area contributed by atoms with Gasteiger partial charge >= 0.3 is 6.18 Å². The van der Waals surface area contributed by atoms with Gasteiger partial charge in [-0.15, -0.1) is 0 Å². The average Bonchev–Trinajstić information content (AvgIpc) is 2.62. The number of nitrogens with zero attached hydrogens (tertiary/aromatic N) is 2. The normalized spacial score (nSPS) is 16.7. The first kappa shape index (κ1) is 18.5. The van der Waals surface area contributed by atoms with Crippen molar-refractivity contribution in [2.24, 2.45) is 0 Å². The van der Waals surface area contributed by atoms with Crippen molar-refractivity contribution in [1.82, 2.24) is 4.31 Å². The Labute approximate surface area is 149 Å². The number of sulfonamides is 1. The number of aromatic hydroxyl groups is 1. The van der Waals surface area contributed by atoms with Crippen LogP contribution in [0.25, 0.3) is 0 Å². The van der Waals surface area contributed by atoms with Crippen LogP contribution in [0.1, 0.15) is 5.56 Å². The van der Waals surface area contributed by atoms with E-state index in [2.05, 4.69) is 0 Å². The molecule has 0 radical (unpaired) electrons. The summed E-state index contributed by atoms with van der Waals surface area (Å²) in [6.07, 6.45) is -4.50. The monoisotopic (exact) mass is 386 g/mol. The summed E-state index contributed by atoms with van der Waals surface area (Å²) in [6, 6.07) is 10.1. The number of benzene rings is 2. The smallest absolute Gasteiger partial charge is 0.416 e. The quantitative estimate of drug-likeness (QED) is 0.881. The van der Waals surface area contributed by atoms with Gasteiger partial charge in [0.15, 0.2) is 0 Å². The summed E-state index contributed by atoms with van der Waals surface area (Å²) in [5.74, 6) is 0.150. The van der Waals surface area contributed by atoms with Crippen molar-refractivity contribution in [1.29, 1.82) is 0 Å². The average molecular weight is 386 g/mol. The minimum absolute atomic E-state index is 0.149. The molecule has 0 atom stereocenters. The number of hydrogen-bond donors (Lipinski definition) is 1. The zero-order valence-electron chi connectivity index (χ0n) is 13.6. The second kappa shape index (κ2) is 6.81. The van der Waals surface area contributed by atoms with Crippen molar-refractivity contribution in [3.05, 3.63) is 54.1 Å². The van der Waals surface area contributed by atoms with E-state index in [1.807, 2.05) is 4.90 Å². The van der Waals surface area contributed by atoms with E-state index in [1.54, 1.807) is 24.3 Å². The molecule has 0 spiro atoms. The third-order valence-electron chi connectivity index (χ3n) is 4.27. The lowest BCUT2D eigenvalue weighted by Crippen LogP contribution is -2.48. The van der Waals surface area contributed by atoms with Gasteiger partial charge in [-0.25, -0.2) is 8.42 Å². The molecule has 0 aliphatic carbocycles. The molecule has 1 fully saturated rings. The zero-order chi connectivity index (χ0) is 18.9. The number of halogens is 3. The molecule has 5 nitrogen and oxygen atoms in total. The van der Waals surface area contributed by atoms with Gasteiger partial charge in [-0.3, -0.25) is 0 Å². The molecule has 9 heteroatoms. The molecule has 26 heavy (non-hydrogen) atoms. The zero-order valence-corrected chi connectivity index (χ0v) is 14.5. The van der Waals surface area contributed by atoms with E-state index in [0.717, 1.165) is 30.0 Å². The Hall–Kier alpha value is -2.26. The highest BCUT2D eigenvalue weighted by Gasteiger charge is 2.32. The van der Waals surface area contributed by atoms with Crippen molar-refractivity contribution in [2.45, 2.75) is 11.1 Å². The van der Waals surface area contributed by atoms with Gasteiger partial charge in [-0.2, -0.15) is 17.5 Å². The fourth-order valence-electron chi connectivity index (χ4n) is 2.82. The molecule has 1 heterocycles. The summed E-state index contributed by atoms with van der Waals surface area (Å²) in [4.78, 5) is 1.83. The lowest BCUT2D eigenvalue weighted by molar-refractivity contribution is -0.137. The Morgan fingerprint density at radius 3 is 1.88 bits per heavy atom. The number of hydrogen-bond acceptors (Lipinski definition) is 4. The molecule has 0 aromatic heterocycles. The Balaban J connectivity index is 1.70. The van der Waals surface area contributed by atoms with Crippen LogP contribution < -0.4 is 4.90 Å². The number of phenols is 1. The summed E-state index contributed by atoms with van der Waals surface area (Å²) in [7, 11) is -3.84. The summed E-state index contributed by atoms with van der Waals surface area (Å²) in [5.41, 5.74) is -0.0111. The maximum atomic E-state index is 12.6. The lowest BCUT2D eigenvalue weighted by Gasteiger charge is -2.35. The van der Waals surface area contributed by atoms with Gasteiger partial charge in [0.2, 0.25) is 10.0 Å². The van der Waals surface area contributed by atoms with E-state index in [-0.39, 0.29) is 23.7 Å². The molecule has 1 aliphatic heterocycles. The van der Waals surface area contributed by atoms with Crippen LogP contribution in [0.15, 0.2) is 53.4 Å². The highest BCUT2D eigenvalue weighted by atomic mass is 32.2. The van der Waals surface area contributed by atoms with Crippen molar-refractivity contribution < 1.29 is 26.7 Å². The highest BCUT2D eigenvalue weighted by molar-refractivity contribution is 7.89. The Morgan fingerprint density at radius 1 is 0.846 bits per heavy atom. The van der Waals surface area contributed by atoms with E-state index in [9.17, 15) is 26.7 Å². The second-order valence-corrected chi connectivity index (χ2v) is 7.87. The lowest BCUT2D eigenvalue weighted by atomic mass is 10.2. The highest BCUT2D eigenvalue weighted by Crippen LogP contribution is 2.30. The SMILES string of the molecule is O=S(=O)(c1ccc(C(F)(F)F)cc1)N1CCN(c2ccc(O)cc2)CC1. The van der Waals surface area contributed by atoms with Gasteiger partial charge in [-0.05, 0) is 48.5 Å². The maximum Gasteiger partial charge on any atom is 0.416 e. The second-order valence-electron chi connectivity index (χ2n) is 5.93. The van der Waals surface area contributed by atoms with Gasteiger partial charge in [0, 0.05) is 31.9 Å². The summed E-state index contributed by atoms with van der Waals surface area (Å²) >= 11 is 0. The Morgan fingerprint density at radius 2 is 1.38 bits per heavy atom. The van der Waals surface area contributed by atoms with Crippen LogP contribution in [-0.4, -0.2) is 44.0 Å². The first-order chi connectivity index (χ1) is 12.2. The molecule has 2 aromatic rings. The fourth-order valence-corrected chi connectivity index (χ4v) is 4.24.